The zero-order valence-corrected chi connectivity index (χ0v) is 20.0. The van der Waals surface area contributed by atoms with E-state index >= 15 is 0 Å². The van der Waals surface area contributed by atoms with E-state index in [-0.39, 0.29) is 25.4 Å². The van der Waals surface area contributed by atoms with E-state index in [4.69, 9.17) is 9.31 Å². The predicted octanol–water partition coefficient (Wildman–Crippen LogP) is 2.30. The van der Waals surface area contributed by atoms with Gasteiger partial charge >= 0.3 is 7.12 Å². The summed E-state index contributed by atoms with van der Waals surface area (Å²) in [5.74, 6) is -0.540. The van der Waals surface area contributed by atoms with Gasteiger partial charge in [0.1, 0.15) is 22.7 Å². The smallest absolute Gasteiger partial charge is 0.403 e. The van der Waals surface area contributed by atoms with Gasteiger partial charge in [0.15, 0.2) is 0 Å². The van der Waals surface area contributed by atoms with Crippen LogP contribution < -0.4 is 20.7 Å². The predicted molar refractivity (Wildman–Crippen MR) is 124 cm³/mol. The molecule has 2 heterocycles. The molecular formula is C21H32BN5O5. The van der Waals surface area contributed by atoms with Crippen molar-refractivity contribution < 1.29 is 14.1 Å². The van der Waals surface area contributed by atoms with Gasteiger partial charge in [-0.15, -0.1) is 0 Å². The molecule has 0 unspecified atom stereocenters. The third-order valence-electron chi connectivity index (χ3n) is 7.30. The van der Waals surface area contributed by atoms with Gasteiger partial charge < -0.3 is 19.1 Å². The lowest BCUT2D eigenvalue weighted by Gasteiger charge is -2.32. The molecule has 2 fully saturated rings. The molecule has 2 atom stereocenters. The van der Waals surface area contributed by atoms with Crippen LogP contribution in [0.25, 0.3) is 10.4 Å². The fourth-order valence-corrected chi connectivity index (χ4v) is 4.75. The number of carbonyl (C=O) groups is 1. The van der Waals surface area contributed by atoms with E-state index in [0.29, 0.717) is 37.1 Å². The van der Waals surface area contributed by atoms with Crippen molar-refractivity contribution in [3.63, 3.8) is 0 Å². The molecule has 2 aliphatic rings. The van der Waals surface area contributed by atoms with Crippen LogP contribution in [0.2, 0.25) is 6.32 Å². The van der Waals surface area contributed by atoms with Gasteiger partial charge in [0.2, 0.25) is 0 Å². The first kappa shape index (κ1) is 24.3. The standard InChI is InChI=1S/C21H32BN5O5/c1-13(28)21(24-25-23)12-27(16-15(26(6)7)17(29)18(16)30)11-14(21)9-8-10-22-31-19(2,3)20(4,5)32-22/h14H,8-12H2,1-7H3/t14-,21+/m0/s1. The minimum absolute atomic E-state index is 0.0826. The van der Waals surface area contributed by atoms with Crippen LogP contribution in [-0.2, 0) is 14.1 Å². The summed E-state index contributed by atoms with van der Waals surface area (Å²) < 4.78 is 12.1. The molecule has 0 aromatic heterocycles. The summed E-state index contributed by atoms with van der Waals surface area (Å²) in [6, 6.07) is 0. The zero-order chi connectivity index (χ0) is 24.1. The van der Waals surface area contributed by atoms with E-state index < -0.39 is 27.6 Å². The van der Waals surface area contributed by atoms with Crippen molar-refractivity contribution in [3.8, 4) is 0 Å². The summed E-state index contributed by atoms with van der Waals surface area (Å²) in [6.45, 7) is 9.84. The molecule has 0 N–H and O–H groups in total. The van der Waals surface area contributed by atoms with Crippen LogP contribution in [0.4, 0.5) is 11.4 Å². The van der Waals surface area contributed by atoms with Gasteiger partial charge in [0, 0.05) is 32.1 Å². The highest BCUT2D eigenvalue weighted by molar-refractivity contribution is 6.45. The minimum atomic E-state index is -1.28. The van der Waals surface area contributed by atoms with Crippen molar-refractivity contribution in [2.45, 2.75) is 70.5 Å². The molecule has 0 spiro atoms. The SMILES string of the molecule is CC(=O)[C@]1(N=[N+]=[N-])CN(c2c(N(C)C)c(=O)c2=O)C[C@@H]1CCCB1OC(C)(C)C(C)(C)O1. The average molecular weight is 445 g/mol. The van der Waals surface area contributed by atoms with Gasteiger partial charge in [0.05, 0.1) is 11.2 Å². The van der Waals surface area contributed by atoms with Crippen LogP contribution in [0.15, 0.2) is 14.7 Å². The molecule has 32 heavy (non-hydrogen) atoms. The number of hydrogen-bond acceptors (Lipinski definition) is 8. The fraction of sp³-hybridized carbons (Fsp3) is 0.762. The minimum Gasteiger partial charge on any atom is -0.403 e. The molecule has 0 amide bonds. The Balaban J connectivity index is 1.79. The normalized spacial score (nSPS) is 26.4. The van der Waals surface area contributed by atoms with Gasteiger partial charge in [-0.3, -0.25) is 14.4 Å². The Bertz CT molecular complexity index is 1000. The van der Waals surface area contributed by atoms with Crippen LogP contribution in [-0.4, -0.2) is 56.8 Å². The highest BCUT2D eigenvalue weighted by Gasteiger charge is 2.53. The Hall–Kier alpha value is -2.36. The highest BCUT2D eigenvalue weighted by Crippen LogP contribution is 2.41. The van der Waals surface area contributed by atoms with E-state index in [1.54, 1.807) is 23.9 Å². The van der Waals surface area contributed by atoms with Crippen LogP contribution >= 0.6 is 0 Å². The van der Waals surface area contributed by atoms with Crippen LogP contribution in [0.1, 0.15) is 47.5 Å². The first-order valence-electron chi connectivity index (χ1n) is 11.0. The molecular weight excluding hydrogens is 413 g/mol. The van der Waals surface area contributed by atoms with Crippen molar-refractivity contribution in [1.82, 2.24) is 0 Å². The molecule has 0 saturated carbocycles. The molecule has 2 aliphatic heterocycles. The van der Waals surface area contributed by atoms with E-state index in [9.17, 15) is 19.9 Å². The summed E-state index contributed by atoms with van der Waals surface area (Å²) in [5.41, 5.74) is 6.62. The molecule has 1 aromatic rings. The topological polar surface area (TPSA) is 125 Å². The summed E-state index contributed by atoms with van der Waals surface area (Å²) in [7, 11) is 3.05. The maximum Gasteiger partial charge on any atom is 0.457 e. The van der Waals surface area contributed by atoms with Gasteiger partial charge in [0.25, 0.3) is 10.9 Å². The first-order valence-corrected chi connectivity index (χ1v) is 11.0. The molecule has 0 radical (unpaired) electrons. The summed E-state index contributed by atoms with van der Waals surface area (Å²) in [6.07, 6.45) is 1.92. The number of nitrogens with zero attached hydrogens (tertiary/aromatic N) is 5. The Labute approximate surface area is 188 Å². The van der Waals surface area contributed by atoms with Crippen molar-refractivity contribution >= 4 is 24.3 Å². The second kappa shape index (κ2) is 8.21. The lowest BCUT2D eigenvalue weighted by molar-refractivity contribution is -0.122. The lowest BCUT2D eigenvalue weighted by Crippen LogP contribution is -2.46. The van der Waals surface area contributed by atoms with Gasteiger partial charge in [-0.05, 0) is 58.8 Å². The molecule has 10 nitrogen and oxygen atoms in total. The Morgan fingerprint density at radius 2 is 1.81 bits per heavy atom. The Morgan fingerprint density at radius 1 is 1.22 bits per heavy atom. The molecule has 0 bridgehead atoms. The van der Waals surface area contributed by atoms with E-state index in [2.05, 4.69) is 10.0 Å². The van der Waals surface area contributed by atoms with Crippen LogP contribution in [0, 0.1) is 5.92 Å². The molecule has 2 saturated heterocycles. The maximum absolute atomic E-state index is 12.7. The van der Waals surface area contributed by atoms with E-state index in [1.807, 2.05) is 27.7 Å². The summed E-state index contributed by atoms with van der Waals surface area (Å²) in [4.78, 5) is 43.3. The zero-order valence-electron chi connectivity index (χ0n) is 20.0. The third kappa shape index (κ3) is 3.82. The van der Waals surface area contributed by atoms with E-state index in [1.165, 1.54) is 6.92 Å². The van der Waals surface area contributed by atoms with Crippen LogP contribution in [0.5, 0.6) is 0 Å². The molecule has 174 valence electrons. The fourth-order valence-electron chi connectivity index (χ4n) is 4.75. The molecule has 0 aliphatic carbocycles. The van der Waals surface area contributed by atoms with Crippen molar-refractivity contribution in [2.24, 2.45) is 11.0 Å². The van der Waals surface area contributed by atoms with Crippen molar-refractivity contribution in [1.29, 1.82) is 0 Å². The van der Waals surface area contributed by atoms with E-state index in [0.717, 1.165) is 0 Å². The second-order valence-electron chi connectivity index (χ2n) is 10.1. The van der Waals surface area contributed by atoms with Crippen molar-refractivity contribution in [3.05, 3.63) is 30.9 Å². The first-order chi connectivity index (χ1) is 14.8. The number of azide groups is 1. The third-order valence-corrected chi connectivity index (χ3v) is 7.30. The molecule has 3 rings (SSSR count). The average Bonchev–Trinajstić information content (AvgIpc) is 3.12. The summed E-state index contributed by atoms with van der Waals surface area (Å²) >= 11 is 0. The quantitative estimate of drug-likeness (QED) is 0.198. The van der Waals surface area contributed by atoms with Gasteiger partial charge in [-0.25, -0.2) is 0 Å². The number of hydrogen-bond donors (Lipinski definition) is 0. The second-order valence-corrected chi connectivity index (χ2v) is 10.1. The Morgan fingerprint density at radius 3 is 2.31 bits per heavy atom. The lowest BCUT2D eigenvalue weighted by atomic mass is 9.77. The van der Waals surface area contributed by atoms with Crippen molar-refractivity contribution in [2.75, 3.05) is 37.0 Å². The van der Waals surface area contributed by atoms with Gasteiger partial charge in [-0.1, -0.05) is 11.5 Å². The number of anilines is 2. The Kier molecular flexibility index (Phi) is 6.23. The molecule has 1 aromatic carbocycles. The van der Waals surface area contributed by atoms with Crippen LogP contribution in [0.3, 0.4) is 0 Å². The highest BCUT2D eigenvalue weighted by atomic mass is 16.7. The number of Topliss-reactive ketones (excluding diaryl/α,β-unsaturated/α-hetero) is 1. The van der Waals surface area contributed by atoms with Gasteiger partial charge in [-0.2, -0.15) is 0 Å². The maximum atomic E-state index is 12.7. The number of carbonyl (C=O) groups excluding carboxylic acids is 1. The molecule has 11 heteroatoms. The number of rotatable bonds is 8. The largest absolute Gasteiger partial charge is 0.457 e. The monoisotopic (exact) mass is 445 g/mol. The summed E-state index contributed by atoms with van der Waals surface area (Å²) in [5, 5.41) is 3.93. The number of ketones is 1.